The van der Waals surface area contributed by atoms with Crippen molar-refractivity contribution in [2.75, 3.05) is 45.7 Å². The first-order chi connectivity index (χ1) is 10.6. The zero-order chi connectivity index (χ0) is 15.6. The fraction of sp³-hybridized carbons (Fsp3) is 0.733. The molecule has 1 amide bonds. The lowest BCUT2D eigenvalue weighted by Crippen LogP contribution is -2.52. The van der Waals surface area contributed by atoms with Gasteiger partial charge in [0.1, 0.15) is 0 Å². The van der Waals surface area contributed by atoms with Crippen LogP contribution < -0.4 is 5.32 Å². The quantitative estimate of drug-likeness (QED) is 0.904. The lowest BCUT2D eigenvalue weighted by Gasteiger charge is -2.40. The number of amides is 1. The van der Waals surface area contributed by atoms with Crippen molar-refractivity contribution in [3.05, 3.63) is 11.6 Å². The predicted molar refractivity (Wildman–Crippen MR) is 87.2 cm³/mol. The van der Waals surface area contributed by atoms with E-state index in [0.29, 0.717) is 13.2 Å². The van der Waals surface area contributed by atoms with E-state index in [4.69, 9.17) is 4.74 Å². The van der Waals surface area contributed by atoms with E-state index >= 15 is 0 Å². The lowest BCUT2D eigenvalue weighted by atomic mass is 9.88. The van der Waals surface area contributed by atoms with Crippen molar-refractivity contribution in [1.29, 1.82) is 0 Å². The summed E-state index contributed by atoms with van der Waals surface area (Å²) >= 11 is 1.61. The average molecular weight is 324 g/mol. The average Bonchev–Trinajstić information content (AvgIpc) is 3.10. The monoisotopic (exact) mass is 324 g/mol. The summed E-state index contributed by atoms with van der Waals surface area (Å²) in [6, 6.07) is 0.287. The summed E-state index contributed by atoms with van der Waals surface area (Å²) in [7, 11) is 3.86. The second-order valence-electron chi connectivity index (χ2n) is 6.53. The molecule has 2 aliphatic heterocycles. The van der Waals surface area contributed by atoms with Crippen molar-refractivity contribution in [2.45, 2.75) is 30.9 Å². The van der Waals surface area contributed by atoms with E-state index in [2.05, 4.69) is 10.3 Å². The van der Waals surface area contributed by atoms with Gasteiger partial charge in [0.05, 0.1) is 24.8 Å². The van der Waals surface area contributed by atoms with Crippen LogP contribution in [0, 0.1) is 0 Å². The molecule has 0 unspecified atom stereocenters. The van der Waals surface area contributed by atoms with E-state index < -0.39 is 0 Å². The van der Waals surface area contributed by atoms with Crippen molar-refractivity contribution >= 4 is 22.4 Å². The van der Waals surface area contributed by atoms with Crippen LogP contribution in [0.5, 0.6) is 0 Å². The molecule has 2 aliphatic rings. The van der Waals surface area contributed by atoms with Crippen LogP contribution in [-0.2, 0) is 9.53 Å². The second-order valence-corrected chi connectivity index (χ2v) is 7.43. The second kappa shape index (κ2) is 6.52. The van der Waals surface area contributed by atoms with E-state index in [1.54, 1.807) is 17.5 Å². The van der Waals surface area contributed by atoms with E-state index in [-0.39, 0.29) is 17.6 Å². The van der Waals surface area contributed by atoms with Crippen molar-refractivity contribution in [2.24, 2.45) is 0 Å². The van der Waals surface area contributed by atoms with Gasteiger partial charge in [-0.25, -0.2) is 4.98 Å². The molecule has 7 heteroatoms. The SMILES string of the molecule is CN(C)CC(=O)N1CCC[C@@]2(C[C@@H](Nc3nccs3)CO2)C1. The standard InChI is InChI=1S/C15H24N4O2S/c1-18(2)9-13(20)19-6-3-4-15(11-19)8-12(10-21-15)17-14-16-5-7-22-14/h5,7,12H,3-4,6,8-11H2,1-2H3,(H,16,17)/t12-,15-/m1/s1. The molecule has 6 nitrogen and oxygen atoms in total. The molecule has 22 heavy (non-hydrogen) atoms. The van der Waals surface area contributed by atoms with Gasteiger partial charge >= 0.3 is 0 Å². The van der Waals surface area contributed by atoms with E-state index in [1.165, 1.54) is 0 Å². The molecule has 3 rings (SSSR count). The number of hydrogen-bond acceptors (Lipinski definition) is 6. The van der Waals surface area contributed by atoms with Crippen molar-refractivity contribution in [1.82, 2.24) is 14.8 Å². The highest BCUT2D eigenvalue weighted by Gasteiger charge is 2.44. The van der Waals surface area contributed by atoms with Crippen molar-refractivity contribution < 1.29 is 9.53 Å². The van der Waals surface area contributed by atoms with Gasteiger partial charge in [-0.15, -0.1) is 11.3 Å². The Morgan fingerprint density at radius 2 is 2.50 bits per heavy atom. The Morgan fingerprint density at radius 1 is 1.64 bits per heavy atom. The number of carbonyl (C=O) groups excluding carboxylic acids is 1. The molecule has 122 valence electrons. The molecule has 3 heterocycles. The first-order valence-corrected chi connectivity index (χ1v) is 8.67. The smallest absolute Gasteiger partial charge is 0.236 e. The Balaban J connectivity index is 1.58. The third-order valence-electron chi connectivity index (χ3n) is 4.31. The molecule has 1 N–H and O–H groups in total. The number of likely N-dealkylation sites (tertiary alicyclic amines) is 1. The summed E-state index contributed by atoms with van der Waals surface area (Å²) in [4.78, 5) is 20.5. The molecule has 0 bridgehead atoms. The van der Waals surface area contributed by atoms with Crippen LogP contribution in [0.2, 0.25) is 0 Å². The fourth-order valence-electron chi connectivity index (χ4n) is 3.37. The molecule has 1 spiro atoms. The maximum absolute atomic E-state index is 12.3. The molecule has 0 aliphatic carbocycles. The topological polar surface area (TPSA) is 57.7 Å². The Kier molecular flexibility index (Phi) is 4.65. The summed E-state index contributed by atoms with van der Waals surface area (Å²) < 4.78 is 6.14. The zero-order valence-electron chi connectivity index (χ0n) is 13.2. The Morgan fingerprint density at radius 3 is 3.23 bits per heavy atom. The van der Waals surface area contributed by atoms with Gasteiger partial charge in [0.25, 0.3) is 0 Å². The summed E-state index contributed by atoms with van der Waals surface area (Å²) in [5.74, 6) is 0.198. The molecule has 2 atom stereocenters. The molecule has 2 fully saturated rings. The Hall–Kier alpha value is -1.18. The molecule has 2 saturated heterocycles. The minimum atomic E-state index is -0.171. The molecule has 0 saturated carbocycles. The molecule has 1 aromatic heterocycles. The van der Waals surface area contributed by atoms with Crippen LogP contribution in [0.25, 0.3) is 0 Å². The van der Waals surface area contributed by atoms with Gasteiger partial charge < -0.3 is 19.9 Å². The van der Waals surface area contributed by atoms with Crippen molar-refractivity contribution in [3.63, 3.8) is 0 Å². The molecular weight excluding hydrogens is 300 g/mol. The third kappa shape index (κ3) is 3.59. The number of rotatable bonds is 4. The number of nitrogens with zero attached hydrogens (tertiary/aromatic N) is 3. The first-order valence-electron chi connectivity index (χ1n) is 7.79. The summed E-state index contributed by atoms with van der Waals surface area (Å²) in [6.45, 7) is 2.73. The van der Waals surface area contributed by atoms with Gasteiger partial charge in [-0.1, -0.05) is 0 Å². The van der Waals surface area contributed by atoms with Crippen LogP contribution in [-0.4, -0.2) is 72.7 Å². The summed E-state index contributed by atoms with van der Waals surface area (Å²) in [5.41, 5.74) is -0.171. The number of piperidine rings is 1. The number of likely N-dealkylation sites (N-methyl/N-ethyl adjacent to an activating group) is 1. The zero-order valence-corrected chi connectivity index (χ0v) is 14.1. The summed E-state index contributed by atoms with van der Waals surface area (Å²) in [5, 5.41) is 6.35. The third-order valence-corrected chi connectivity index (χ3v) is 5.02. The highest BCUT2D eigenvalue weighted by atomic mass is 32.1. The van der Waals surface area contributed by atoms with Crippen LogP contribution in [0.4, 0.5) is 5.13 Å². The maximum atomic E-state index is 12.3. The van der Waals surface area contributed by atoms with E-state index in [1.807, 2.05) is 29.3 Å². The predicted octanol–water partition coefficient (Wildman–Crippen LogP) is 1.27. The summed E-state index contributed by atoms with van der Waals surface area (Å²) in [6.07, 6.45) is 4.80. The largest absolute Gasteiger partial charge is 0.371 e. The Bertz CT molecular complexity index is 508. The van der Waals surface area contributed by atoms with Gasteiger partial charge in [-0.3, -0.25) is 4.79 Å². The first kappa shape index (κ1) is 15.7. The van der Waals surface area contributed by atoms with Gasteiger partial charge in [-0.2, -0.15) is 0 Å². The van der Waals surface area contributed by atoms with E-state index in [0.717, 1.165) is 37.5 Å². The van der Waals surface area contributed by atoms with Crippen LogP contribution in [0.15, 0.2) is 11.6 Å². The number of nitrogens with one attached hydrogen (secondary N) is 1. The Labute approximate surface area is 135 Å². The van der Waals surface area contributed by atoms with Gasteiger partial charge in [-0.05, 0) is 26.9 Å². The van der Waals surface area contributed by atoms with E-state index in [9.17, 15) is 4.79 Å². The number of carbonyl (C=O) groups is 1. The highest BCUT2D eigenvalue weighted by molar-refractivity contribution is 7.13. The van der Waals surface area contributed by atoms with Crippen molar-refractivity contribution in [3.8, 4) is 0 Å². The molecular formula is C15H24N4O2S. The minimum Gasteiger partial charge on any atom is -0.371 e. The molecule has 0 radical (unpaired) electrons. The van der Waals surface area contributed by atoms with Gasteiger partial charge in [0, 0.05) is 31.1 Å². The number of thiazole rings is 1. The van der Waals surface area contributed by atoms with Gasteiger partial charge in [0.15, 0.2) is 5.13 Å². The maximum Gasteiger partial charge on any atom is 0.236 e. The molecule has 1 aromatic rings. The lowest BCUT2D eigenvalue weighted by molar-refractivity contribution is -0.139. The number of aromatic nitrogens is 1. The van der Waals surface area contributed by atoms with Crippen LogP contribution >= 0.6 is 11.3 Å². The molecule has 0 aromatic carbocycles. The minimum absolute atomic E-state index is 0.171. The number of ether oxygens (including phenoxy) is 1. The van der Waals surface area contributed by atoms with Crippen LogP contribution in [0.1, 0.15) is 19.3 Å². The highest BCUT2D eigenvalue weighted by Crippen LogP contribution is 2.36. The van der Waals surface area contributed by atoms with Crippen LogP contribution in [0.3, 0.4) is 0 Å². The number of hydrogen-bond donors (Lipinski definition) is 1. The normalized spacial score (nSPS) is 28.5. The number of anilines is 1. The van der Waals surface area contributed by atoms with Gasteiger partial charge in [0.2, 0.25) is 5.91 Å². The fourth-order valence-corrected chi connectivity index (χ4v) is 3.98.